The van der Waals surface area contributed by atoms with E-state index in [9.17, 15) is 35.9 Å². The average molecular weight is 652 g/mol. The number of carbonyl (C=O) groups is 2. The van der Waals surface area contributed by atoms with E-state index in [2.05, 4.69) is 16.0 Å². The number of rotatable bonds is 12. The number of amides is 2. The van der Waals surface area contributed by atoms with Gasteiger partial charge in [-0.1, -0.05) is 60.7 Å². The Morgan fingerprint density at radius 3 is 2.11 bits per heavy atom. The molecule has 0 saturated carbocycles. The van der Waals surface area contributed by atoms with E-state index in [4.69, 9.17) is 9.47 Å². The van der Waals surface area contributed by atoms with Gasteiger partial charge in [-0.15, -0.1) is 0 Å². The molecule has 1 fully saturated rings. The van der Waals surface area contributed by atoms with Crippen LogP contribution in [0.5, 0.6) is 0 Å². The highest BCUT2D eigenvalue weighted by Gasteiger charge is 2.39. The summed E-state index contributed by atoms with van der Waals surface area (Å²) >= 11 is 0. The number of piperidine rings is 1. The number of carbonyl (C=O) groups excluding carboxylic acids is 2. The Hall–Kier alpha value is -3.94. The maximum Gasteiger partial charge on any atom is 0.416 e. The number of nitrogens with one attached hydrogen (secondary N) is 3. The van der Waals surface area contributed by atoms with E-state index in [1.807, 2.05) is 60.7 Å². The summed E-state index contributed by atoms with van der Waals surface area (Å²) in [7, 11) is 0. The highest BCUT2D eigenvalue weighted by molar-refractivity contribution is 5.86. The second kappa shape index (κ2) is 15.1. The molecule has 0 unspecified atom stereocenters. The second-order valence-corrected chi connectivity index (χ2v) is 11.2. The summed E-state index contributed by atoms with van der Waals surface area (Å²) < 4.78 is 91.8. The first-order valence-corrected chi connectivity index (χ1v) is 14.6. The van der Waals surface area contributed by atoms with Crippen LogP contribution in [0.3, 0.4) is 0 Å². The molecule has 1 heterocycles. The smallest absolute Gasteiger partial charge is 0.372 e. The first kappa shape index (κ1) is 34.9. The first-order valence-electron chi connectivity index (χ1n) is 14.6. The lowest BCUT2D eigenvalue weighted by Crippen LogP contribution is -2.58. The normalized spacial score (nSPS) is 19.3. The van der Waals surface area contributed by atoms with Crippen LogP contribution in [0, 0.1) is 0 Å². The maximum atomic E-state index is 13.4. The molecule has 1 aliphatic heterocycles. The quantitative estimate of drug-likeness (QED) is 0.194. The van der Waals surface area contributed by atoms with Crippen LogP contribution in [0.2, 0.25) is 0 Å². The molecule has 0 spiro atoms. The lowest BCUT2D eigenvalue weighted by atomic mass is 9.81. The van der Waals surface area contributed by atoms with Gasteiger partial charge in [0, 0.05) is 12.6 Å². The second-order valence-electron chi connectivity index (χ2n) is 11.2. The topological polar surface area (TPSA) is 88.7 Å². The van der Waals surface area contributed by atoms with Crippen LogP contribution in [0.25, 0.3) is 0 Å². The summed E-state index contributed by atoms with van der Waals surface area (Å²) in [5.74, 6) is -0.301. The Kier molecular flexibility index (Phi) is 11.5. The predicted octanol–water partition coefficient (Wildman–Crippen LogP) is 6.53. The van der Waals surface area contributed by atoms with Crippen molar-refractivity contribution in [1.29, 1.82) is 0 Å². The summed E-state index contributed by atoms with van der Waals surface area (Å²) in [5, 5.41) is 8.72. The SMILES string of the molecule is C[C@@H](OC[C@@]1(c2ccccc2)CC[C@H](NC(=O)NCC(=O)COCc2ccccc2)CN1)c1cc(C(F)(F)F)cc(C(F)(F)F)c1. The van der Waals surface area contributed by atoms with Crippen molar-refractivity contribution in [3.05, 3.63) is 107 Å². The fourth-order valence-electron chi connectivity index (χ4n) is 5.16. The highest BCUT2D eigenvalue weighted by atomic mass is 19.4. The van der Waals surface area contributed by atoms with Crippen molar-refractivity contribution in [3.8, 4) is 0 Å². The molecule has 2 amide bonds. The van der Waals surface area contributed by atoms with Crippen LogP contribution >= 0.6 is 0 Å². The Balaban J connectivity index is 1.33. The minimum Gasteiger partial charge on any atom is -0.372 e. The van der Waals surface area contributed by atoms with Gasteiger partial charge in [-0.2, -0.15) is 26.3 Å². The number of benzene rings is 3. The van der Waals surface area contributed by atoms with Gasteiger partial charge < -0.3 is 25.4 Å². The third-order valence-corrected chi connectivity index (χ3v) is 7.75. The van der Waals surface area contributed by atoms with E-state index < -0.39 is 41.2 Å². The van der Waals surface area contributed by atoms with E-state index >= 15 is 0 Å². The molecular formula is C33H35F6N3O4. The van der Waals surface area contributed by atoms with Gasteiger partial charge in [0.05, 0.1) is 42.5 Å². The van der Waals surface area contributed by atoms with Crippen LogP contribution in [0.4, 0.5) is 31.1 Å². The molecular weight excluding hydrogens is 616 g/mol. The van der Waals surface area contributed by atoms with Gasteiger partial charge >= 0.3 is 18.4 Å². The molecule has 13 heteroatoms. The van der Waals surface area contributed by atoms with Crippen LogP contribution in [0.15, 0.2) is 78.9 Å². The summed E-state index contributed by atoms with van der Waals surface area (Å²) in [6.45, 7) is 1.52. The molecule has 0 aliphatic carbocycles. The zero-order chi connectivity index (χ0) is 33.4. The van der Waals surface area contributed by atoms with Gasteiger partial charge in [-0.25, -0.2) is 4.79 Å². The van der Waals surface area contributed by atoms with Gasteiger partial charge in [-0.05, 0) is 54.7 Å². The predicted molar refractivity (Wildman–Crippen MR) is 158 cm³/mol. The number of ether oxygens (including phenoxy) is 2. The lowest BCUT2D eigenvalue weighted by molar-refractivity contribution is -0.143. The minimum atomic E-state index is -4.97. The number of hydrogen-bond donors (Lipinski definition) is 3. The number of Topliss-reactive ketones (excluding diaryl/α,β-unsaturated/α-hetero) is 1. The van der Waals surface area contributed by atoms with Crippen LogP contribution < -0.4 is 16.0 Å². The summed E-state index contributed by atoms with van der Waals surface area (Å²) in [5.41, 5.74) is -2.16. The zero-order valence-electron chi connectivity index (χ0n) is 25.0. The third-order valence-electron chi connectivity index (χ3n) is 7.75. The Morgan fingerprint density at radius 2 is 1.54 bits per heavy atom. The molecule has 7 nitrogen and oxygen atoms in total. The monoisotopic (exact) mass is 651 g/mol. The minimum absolute atomic E-state index is 0.0633. The lowest BCUT2D eigenvalue weighted by Gasteiger charge is -2.42. The Morgan fingerprint density at radius 1 is 0.935 bits per heavy atom. The fourth-order valence-corrected chi connectivity index (χ4v) is 5.16. The van der Waals surface area contributed by atoms with E-state index in [1.165, 1.54) is 6.92 Å². The van der Waals surface area contributed by atoms with Crippen LogP contribution in [-0.4, -0.2) is 44.2 Å². The van der Waals surface area contributed by atoms with Crippen LogP contribution in [-0.2, 0) is 38.8 Å². The maximum absolute atomic E-state index is 13.4. The summed E-state index contributed by atoms with van der Waals surface area (Å²) in [6.07, 6.45) is -10.1. The molecule has 3 aromatic carbocycles. The summed E-state index contributed by atoms with van der Waals surface area (Å²) in [6, 6.07) is 19.0. The van der Waals surface area contributed by atoms with Crippen molar-refractivity contribution < 1.29 is 45.4 Å². The molecule has 0 aromatic heterocycles. The van der Waals surface area contributed by atoms with Gasteiger partial charge in [0.2, 0.25) is 0 Å². The third kappa shape index (κ3) is 9.78. The van der Waals surface area contributed by atoms with Gasteiger partial charge in [0.25, 0.3) is 0 Å². The summed E-state index contributed by atoms with van der Waals surface area (Å²) in [4.78, 5) is 24.6. The number of hydrogen-bond acceptors (Lipinski definition) is 5. The highest BCUT2D eigenvalue weighted by Crippen LogP contribution is 2.39. The number of halogens is 6. The molecule has 0 radical (unpaired) electrons. The standard InChI is InChI=1S/C33H35F6N3O4/c1-22(24-14-26(32(34,35)36)16-27(15-24)33(37,38)39)46-21-31(25-10-6-3-7-11-25)13-12-28(17-41-31)42-30(44)40-18-29(43)20-45-19-23-8-4-2-5-9-23/h2-11,14-16,22,28,41H,12-13,17-21H2,1H3,(H2,40,42,44)/t22-,28+,31-/m1/s1. The van der Waals surface area contributed by atoms with Crippen molar-refractivity contribution in [2.45, 2.75) is 56.4 Å². The number of alkyl halides is 6. The van der Waals surface area contributed by atoms with Crippen molar-refractivity contribution in [3.63, 3.8) is 0 Å². The van der Waals surface area contributed by atoms with Crippen LogP contribution in [0.1, 0.15) is 53.7 Å². The largest absolute Gasteiger partial charge is 0.416 e. The number of urea groups is 1. The zero-order valence-corrected chi connectivity index (χ0v) is 25.0. The number of ketones is 1. The molecule has 3 aromatic rings. The van der Waals surface area contributed by atoms with Gasteiger partial charge in [0.1, 0.15) is 6.61 Å². The van der Waals surface area contributed by atoms with E-state index in [-0.39, 0.29) is 56.4 Å². The Bertz CT molecular complexity index is 1410. The van der Waals surface area contributed by atoms with Crippen molar-refractivity contribution >= 4 is 11.8 Å². The molecule has 3 N–H and O–H groups in total. The Labute approximate surface area is 262 Å². The molecule has 248 valence electrons. The van der Waals surface area contributed by atoms with Gasteiger partial charge in [0.15, 0.2) is 5.78 Å². The first-order chi connectivity index (χ1) is 21.7. The van der Waals surface area contributed by atoms with Crippen molar-refractivity contribution in [2.75, 3.05) is 26.3 Å². The molecule has 1 saturated heterocycles. The molecule has 4 rings (SSSR count). The van der Waals surface area contributed by atoms with Crippen molar-refractivity contribution in [2.24, 2.45) is 0 Å². The van der Waals surface area contributed by atoms with E-state index in [0.29, 0.717) is 25.0 Å². The molecule has 3 atom stereocenters. The molecule has 46 heavy (non-hydrogen) atoms. The van der Waals surface area contributed by atoms with Gasteiger partial charge in [-0.3, -0.25) is 4.79 Å². The fraction of sp³-hybridized carbons (Fsp3) is 0.394. The van der Waals surface area contributed by atoms with Crippen molar-refractivity contribution in [1.82, 2.24) is 16.0 Å². The molecule has 0 bridgehead atoms. The van der Waals surface area contributed by atoms with E-state index in [0.717, 1.165) is 11.1 Å². The molecule has 1 aliphatic rings. The van der Waals surface area contributed by atoms with E-state index in [1.54, 1.807) is 0 Å². The average Bonchev–Trinajstić information content (AvgIpc) is 3.03.